The number of aromatic nitrogens is 1. The molecule has 1 aromatic rings. The Morgan fingerprint density at radius 1 is 1.58 bits per heavy atom. The van der Waals surface area contributed by atoms with Crippen LogP contribution in [0.4, 0.5) is 0 Å². The third kappa shape index (κ3) is 1.27. The van der Waals surface area contributed by atoms with Gasteiger partial charge in [-0.2, -0.15) is 0 Å². The van der Waals surface area contributed by atoms with Crippen LogP contribution in [0.25, 0.3) is 0 Å². The standard InChI is InChI=1S/C9H10ClNO/c1-6-5-8(10)11-9-7(6)3-2-4-12-9/h5H,2-4H2,1H3. The summed E-state index contributed by atoms with van der Waals surface area (Å²) in [7, 11) is 0. The fraction of sp³-hybridized carbons (Fsp3) is 0.444. The first kappa shape index (κ1) is 7.87. The molecule has 0 aliphatic carbocycles. The summed E-state index contributed by atoms with van der Waals surface area (Å²) < 4.78 is 5.39. The Morgan fingerprint density at radius 2 is 2.42 bits per heavy atom. The van der Waals surface area contributed by atoms with Crippen LogP contribution in [0.15, 0.2) is 6.07 Å². The highest BCUT2D eigenvalue weighted by Crippen LogP contribution is 2.27. The third-order valence-electron chi connectivity index (χ3n) is 2.09. The number of halogens is 1. The summed E-state index contributed by atoms with van der Waals surface area (Å²) >= 11 is 5.79. The Morgan fingerprint density at radius 3 is 3.25 bits per heavy atom. The van der Waals surface area contributed by atoms with Crippen molar-refractivity contribution in [2.45, 2.75) is 19.8 Å². The molecule has 0 atom stereocenters. The van der Waals surface area contributed by atoms with Crippen molar-refractivity contribution in [2.24, 2.45) is 0 Å². The van der Waals surface area contributed by atoms with Crippen LogP contribution in [0.3, 0.4) is 0 Å². The van der Waals surface area contributed by atoms with Crippen molar-refractivity contribution in [3.63, 3.8) is 0 Å². The van der Waals surface area contributed by atoms with Crippen LogP contribution < -0.4 is 4.74 Å². The Balaban J connectivity index is 2.53. The van der Waals surface area contributed by atoms with Gasteiger partial charge in [0.1, 0.15) is 5.15 Å². The first-order valence-electron chi connectivity index (χ1n) is 4.06. The van der Waals surface area contributed by atoms with Crippen molar-refractivity contribution in [3.05, 3.63) is 22.3 Å². The van der Waals surface area contributed by atoms with Gasteiger partial charge in [-0.25, -0.2) is 4.98 Å². The molecule has 1 aliphatic rings. The lowest BCUT2D eigenvalue weighted by Gasteiger charge is -2.17. The average Bonchev–Trinajstić information content (AvgIpc) is 2.04. The van der Waals surface area contributed by atoms with Gasteiger partial charge in [-0.05, 0) is 31.4 Å². The van der Waals surface area contributed by atoms with E-state index in [0.29, 0.717) is 5.15 Å². The summed E-state index contributed by atoms with van der Waals surface area (Å²) in [5.41, 5.74) is 2.40. The molecule has 2 nitrogen and oxygen atoms in total. The minimum atomic E-state index is 0.521. The lowest BCUT2D eigenvalue weighted by molar-refractivity contribution is 0.275. The SMILES string of the molecule is Cc1cc(Cl)nc2c1CCCO2. The fourth-order valence-corrected chi connectivity index (χ4v) is 1.71. The first-order valence-corrected chi connectivity index (χ1v) is 4.44. The van der Waals surface area contributed by atoms with Gasteiger partial charge in [0.15, 0.2) is 0 Å². The number of nitrogens with zero attached hydrogens (tertiary/aromatic N) is 1. The molecule has 2 heterocycles. The summed E-state index contributed by atoms with van der Waals surface area (Å²) in [5, 5.41) is 0.521. The number of aryl methyl sites for hydroxylation is 1. The van der Waals surface area contributed by atoms with Crippen molar-refractivity contribution in [3.8, 4) is 5.88 Å². The zero-order chi connectivity index (χ0) is 8.55. The van der Waals surface area contributed by atoms with Gasteiger partial charge in [-0.15, -0.1) is 0 Å². The first-order chi connectivity index (χ1) is 5.77. The molecule has 0 aromatic carbocycles. The molecule has 0 N–H and O–H groups in total. The highest BCUT2D eigenvalue weighted by Gasteiger charge is 2.14. The predicted octanol–water partition coefficient (Wildman–Crippen LogP) is 2.37. The van der Waals surface area contributed by atoms with Gasteiger partial charge in [-0.3, -0.25) is 0 Å². The Labute approximate surface area is 76.5 Å². The number of pyridine rings is 1. The molecule has 0 fully saturated rings. The van der Waals surface area contributed by atoms with E-state index >= 15 is 0 Å². The lowest BCUT2D eigenvalue weighted by atomic mass is 10.1. The normalized spacial score (nSPS) is 15.2. The maximum Gasteiger partial charge on any atom is 0.218 e. The summed E-state index contributed by atoms with van der Waals surface area (Å²) in [5.74, 6) is 0.728. The van der Waals surface area contributed by atoms with E-state index in [-0.39, 0.29) is 0 Å². The molecule has 0 unspecified atom stereocenters. The second kappa shape index (κ2) is 2.94. The zero-order valence-electron chi connectivity index (χ0n) is 6.93. The minimum absolute atomic E-state index is 0.521. The van der Waals surface area contributed by atoms with E-state index < -0.39 is 0 Å². The second-order valence-electron chi connectivity index (χ2n) is 3.00. The topological polar surface area (TPSA) is 22.1 Å². The Kier molecular flexibility index (Phi) is 1.93. The summed E-state index contributed by atoms with van der Waals surface area (Å²) in [6.45, 7) is 2.81. The number of rotatable bonds is 0. The number of hydrogen-bond acceptors (Lipinski definition) is 2. The maximum absolute atomic E-state index is 5.79. The molecule has 1 aromatic heterocycles. The average molecular weight is 184 g/mol. The van der Waals surface area contributed by atoms with E-state index in [0.717, 1.165) is 25.3 Å². The monoisotopic (exact) mass is 183 g/mol. The number of ether oxygens (including phenoxy) is 1. The summed E-state index contributed by atoms with van der Waals surface area (Å²) in [6.07, 6.45) is 2.14. The van der Waals surface area contributed by atoms with E-state index in [1.807, 2.05) is 13.0 Å². The van der Waals surface area contributed by atoms with Crippen LogP contribution in [0.1, 0.15) is 17.5 Å². The van der Waals surface area contributed by atoms with Crippen molar-refractivity contribution >= 4 is 11.6 Å². The van der Waals surface area contributed by atoms with E-state index in [2.05, 4.69) is 4.98 Å². The van der Waals surface area contributed by atoms with E-state index in [1.54, 1.807) is 0 Å². The molecule has 0 bridgehead atoms. The molecule has 3 heteroatoms. The molecule has 64 valence electrons. The van der Waals surface area contributed by atoms with E-state index in [4.69, 9.17) is 16.3 Å². The van der Waals surface area contributed by atoms with Crippen LogP contribution in [0.5, 0.6) is 5.88 Å². The van der Waals surface area contributed by atoms with Crippen molar-refractivity contribution < 1.29 is 4.74 Å². The van der Waals surface area contributed by atoms with Crippen LogP contribution in [0, 0.1) is 6.92 Å². The quantitative estimate of drug-likeness (QED) is 0.577. The van der Waals surface area contributed by atoms with E-state index in [1.165, 1.54) is 11.1 Å². The lowest BCUT2D eigenvalue weighted by Crippen LogP contribution is -2.11. The van der Waals surface area contributed by atoms with Crippen LogP contribution in [0.2, 0.25) is 5.15 Å². The van der Waals surface area contributed by atoms with Gasteiger partial charge in [0.2, 0.25) is 5.88 Å². The number of hydrogen-bond donors (Lipinski definition) is 0. The van der Waals surface area contributed by atoms with Gasteiger partial charge in [0.25, 0.3) is 0 Å². The van der Waals surface area contributed by atoms with Crippen LogP contribution in [-0.2, 0) is 6.42 Å². The molecule has 0 amide bonds. The summed E-state index contributed by atoms with van der Waals surface area (Å²) in [6, 6.07) is 1.88. The molecule has 2 rings (SSSR count). The van der Waals surface area contributed by atoms with Crippen LogP contribution >= 0.6 is 11.6 Å². The van der Waals surface area contributed by atoms with Crippen LogP contribution in [-0.4, -0.2) is 11.6 Å². The van der Waals surface area contributed by atoms with Gasteiger partial charge in [0.05, 0.1) is 6.61 Å². The Bertz CT molecular complexity index is 312. The molecular weight excluding hydrogens is 174 g/mol. The highest BCUT2D eigenvalue weighted by atomic mass is 35.5. The molecule has 0 radical (unpaired) electrons. The predicted molar refractivity (Wildman–Crippen MR) is 47.8 cm³/mol. The van der Waals surface area contributed by atoms with Gasteiger partial charge < -0.3 is 4.74 Å². The summed E-state index contributed by atoms with van der Waals surface area (Å²) in [4.78, 5) is 4.12. The third-order valence-corrected chi connectivity index (χ3v) is 2.28. The Hall–Kier alpha value is -0.760. The number of fused-ring (bicyclic) bond motifs is 1. The van der Waals surface area contributed by atoms with Gasteiger partial charge >= 0.3 is 0 Å². The zero-order valence-corrected chi connectivity index (χ0v) is 7.69. The molecule has 0 saturated carbocycles. The van der Waals surface area contributed by atoms with Gasteiger partial charge in [0, 0.05) is 5.56 Å². The van der Waals surface area contributed by atoms with Crippen molar-refractivity contribution in [1.29, 1.82) is 0 Å². The largest absolute Gasteiger partial charge is 0.477 e. The van der Waals surface area contributed by atoms with Crippen molar-refractivity contribution in [2.75, 3.05) is 6.61 Å². The second-order valence-corrected chi connectivity index (χ2v) is 3.38. The molecule has 1 aliphatic heterocycles. The maximum atomic E-state index is 5.79. The fourth-order valence-electron chi connectivity index (χ4n) is 1.47. The van der Waals surface area contributed by atoms with Gasteiger partial charge in [-0.1, -0.05) is 11.6 Å². The molecule has 0 spiro atoms. The minimum Gasteiger partial charge on any atom is -0.477 e. The van der Waals surface area contributed by atoms with Crippen molar-refractivity contribution in [1.82, 2.24) is 4.98 Å². The van der Waals surface area contributed by atoms with E-state index in [9.17, 15) is 0 Å². The smallest absolute Gasteiger partial charge is 0.218 e. The molecule has 0 saturated heterocycles. The molecular formula is C9H10ClNO. The highest BCUT2D eigenvalue weighted by molar-refractivity contribution is 6.29. The molecule has 12 heavy (non-hydrogen) atoms.